The molecule has 2 saturated heterocycles. The molecule has 0 spiro atoms. The van der Waals surface area contributed by atoms with Crippen molar-refractivity contribution in [3.8, 4) is 5.75 Å². The van der Waals surface area contributed by atoms with Gasteiger partial charge in [0.25, 0.3) is 11.7 Å². The first-order chi connectivity index (χ1) is 18.0. The SMILES string of the molecule is C[C@H]1Cc2cc(C(O)=C3C(=O)C(=O)N(CCN4CCOCC4)[C@@H]3c3cccc4ccccc34)ccc2O1. The summed E-state index contributed by atoms with van der Waals surface area (Å²) in [5, 5.41) is 13.5. The van der Waals surface area contributed by atoms with Crippen LogP contribution in [-0.4, -0.2) is 72.1 Å². The number of ether oxygens (including phenoxy) is 2. The Morgan fingerprint density at radius 2 is 1.78 bits per heavy atom. The molecule has 3 heterocycles. The normalized spacial score (nSPS) is 23.4. The number of Topliss-reactive ketones (excluding diaryl/α,β-unsaturated/α-hetero) is 1. The van der Waals surface area contributed by atoms with E-state index < -0.39 is 17.7 Å². The Hall–Kier alpha value is -3.68. The molecule has 190 valence electrons. The van der Waals surface area contributed by atoms with Gasteiger partial charge in [-0.25, -0.2) is 0 Å². The van der Waals surface area contributed by atoms with E-state index in [1.807, 2.05) is 61.5 Å². The minimum atomic E-state index is -0.685. The summed E-state index contributed by atoms with van der Waals surface area (Å²) in [4.78, 5) is 30.8. The maximum absolute atomic E-state index is 13.5. The molecule has 0 radical (unpaired) electrons. The average Bonchev–Trinajstić information content (AvgIpc) is 3.42. The van der Waals surface area contributed by atoms with Crippen LogP contribution in [0.5, 0.6) is 5.75 Å². The van der Waals surface area contributed by atoms with E-state index >= 15 is 0 Å². The van der Waals surface area contributed by atoms with Gasteiger partial charge in [-0.1, -0.05) is 42.5 Å². The fourth-order valence-electron chi connectivity index (χ4n) is 5.72. The molecule has 3 aliphatic rings. The second-order valence-electron chi connectivity index (χ2n) is 9.97. The van der Waals surface area contributed by atoms with Crippen LogP contribution in [0.4, 0.5) is 0 Å². The van der Waals surface area contributed by atoms with Gasteiger partial charge in [0, 0.05) is 38.2 Å². The first kappa shape index (κ1) is 23.7. The standard InChI is InChI=1S/C30H30N2O5/c1-19-17-22-18-21(9-10-25(22)37-19)28(33)26-27(24-8-4-6-20-5-2-3-7-23(20)24)32(30(35)29(26)34)12-11-31-13-15-36-16-14-31/h2-10,18-19,27,33H,11-17H2,1H3/t19-,27+/m0/s1. The molecule has 7 heteroatoms. The van der Waals surface area contributed by atoms with E-state index in [4.69, 9.17) is 9.47 Å². The Balaban J connectivity index is 1.46. The third-order valence-corrected chi connectivity index (χ3v) is 7.59. The summed E-state index contributed by atoms with van der Waals surface area (Å²) in [6, 6.07) is 18.6. The maximum Gasteiger partial charge on any atom is 0.295 e. The van der Waals surface area contributed by atoms with Gasteiger partial charge in [-0.3, -0.25) is 14.5 Å². The number of amides is 1. The molecule has 0 aromatic heterocycles. The van der Waals surface area contributed by atoms with E-state index in [1.165, 1.54) is 0 Å². The zero-order chi connectivity index (χ0) is 25.5. The Kier molecular flexibility index (Phi) is 6.18. The number of benzene rings is 3. The first-order valence-corrected chi connectivity index (χ1v) is 12.9. The quantitative estimate of drug-likeness (QED) is 0.326. The largest absolute Gasteiger partial charge is 0.507 e. The minimum Gasteiger partial charge on any atom is -0.507 e. The number of fused-ring (bicyclic) bond motifs is 2. The Bertz CT molecular complexity index is 1400. The van der Waals surface area contributed by atoms with Crippen LogP contribution in [0.1, 0.15) is 29.7 Å². The zero-order valence-corrected chi connectivity index (χ0v) is 20.9. The van der Waals surface area contributed by atoms with Crippen LogP contribution in [0.3, 0.4) is 0 Å². The lowest BCUT2D eigenvalue weighted by Gasteiger charge is -2.31. The van der Waals surface area contributed by atoms with Crippen LogP contribution in [-0.2, 0) is 20.7 Å². The molecule has 3 aliphatic heterocycles. The molecule has 1 amide bonds. The van der Waals surface area contributed by atoms with Crippen LogP contribution in [0.15, 0.2) is 66.2 Å². The molecule has 6 rings (SSSR count). The molecular formula is C30H30N2O5. The van der Waals surface area contributed by atoms with E-state index in [0.717, 1.165) is 47.2 Å². The van der Waals surface area contributed by atoms with Crippen molar-refractivity contribution in [3.05, 3.63) is 82.9 Å². The summed E-state index contributed by atoms with van der Waals surface area (Å²) < 4.78 is 11.3. The molecule has 0 saturated carbocycles. The van der Waals surface area contributed by atoms with Crippen LogP contribution in [0, 0.1) is 0 Å². The number of aliphatic hydroxyl groups is 1. The van der Waals surface area contributed by atoms with Gasteiger partial charge in [0.15, 0.2) is 0 Å². The van der Waals surface area contributed by atoms with Crippen molar-refractivity contribution in [2.75, 3.05) is 39.4 Å². The lowest BCUT2D eigenvalue weighted by molar-refractivity contribution is -0.140. The van der Waals surface area contributed by atoms with E-state index in [1.54, 1.807) is 11.0 Å². The number of nitrogens with zero attached hydrogens (tertiary/aromatic N) is 2. The number of hydrogen-bond acceptors (Lipinski definition) is 6. The van der Waals surface area contributed by atoms with Gasteiger partial charge < -0.3 is 19.5 Å². The summed E-state index contributed by atoms with van der Waals surface area (Å²) >= 11 is 0. The van der Waals surface area contributed by atoms with Gasteiger partial charge >= 0.3 is 0 Å². The second kappa shape index (κ2) is 9.65. The van der Waals surface area contributed by atoms with Crippen molar-refractivity contribution < 1.29 is 24.2 Å². The van der Waals surface area contributed by atoms with E-state index in [2.05, 4.69) is 4.90 Å². The highest BCUT2D eigenvalue weighted by Gasteiger charge is 2.46. The molecular weight excluding hydrogens is 468 g/mol. The van der Waals surface area contributed by atoms with Gasteiger partial charge in [0.1, 0.15) is 17.6 Å². The van der Waals surface area contributed by atoms with Crippen molar-refractivity contribution in [1.82, 2.24) is 9.80 Å². The van der Waals surface area contributed by atoms with Crippen molar-refractivity contribution in [3.63, 3.8) is 0 Å². The summed E-state index contributed by atoms with van der Waals surface area (Å²) in [6.07, 6.45) is 0.797. The average molecular weight is 499 g/mol. The lowest BCUT2D eigenvalue weighted by Crippen LogP contribution is -2.42. The van der Waals surface area contributed by atoms with Crippen LogP contribution >= 0.6 is 0 Å². The van der Waals surface area contributed by atoms with Crippen LogP contribution in [0.2, 0.25) is 0 Å². The van der Waals surface area contributed by atoms with Crippen molar-refractivity contribution in [2.45, 2.75) is 25.5 Å². The van der Waals surface area contributed by atoms with E-state index in [0.29, 0.717) is 31.9 Å². The van der Waals surface area contributed by atoms with Gasteiger partial charge in [0.2, 0.25) is 0 Å². The molecule has 3 aromatic rings. The number of hydrogen-bond donors (Lipinski definition) is 1. The fraction of sp³-hybridized carbons (Fsp3) is 0.333. The number of rotatable bonds is 5. The third-order valence-electron chi connectivity index (χ3n) is 7.59. The molecule has 2 fully saturated rings. The predicted octanol–water partition coefficient (Wildman–Crippen LogP) is 3.92. The number of morpholine rings is 1. The van der Waals surface area contributed by atoms with E-state index in [9.17, 15) is 14.7 Å². The zero-order valence-electron chi connectivity index (χ0n) is 20.9. The number of carbonyl (C=O) groups excluding carboxylic acids is 2. The summed E-state index contributed by atoms with van der Waals surface area (Å²) in [7, 11) is 0. The monoisotopic (exact) mass is 498 g/mol. The highest BCUT2D eigenvalue weighted by molar-refractivity contribution is 6.46. The van der Waals surface area contributed by atoms with E-state index in [-0.39, 0.29) is 17.4 Å². The van der Waals surface area contributed by atoms with Crippen LogP contribution < -0.4 is 4.74 Å². The van der Waals surface area contributed by atoms with Crippen molar-refractivity contribution in [1.29, 1.82) is 0 Å². The summed E-state index contributed by atoms with van der Waals surface area (Å²) in [5.74, 6) is -0.582. The molecule has 7 nitrogen and oxygen atoms in total. The number of aliphatic hydroxyl groups excluding tert-OH is 1. The molecule has 1 N–H and O–H groups in total. The highest BCUT2D eigenvalue weighted by atomic mass is 16.5. The molecule has 37 heavy (non-hydrogen) atoms. The van der Waals surface area contributed by atoms with Crippen molar-refractivity contribution >= 4 is 28.2 Å². The molecule has 2 atom stereocenters. The molecule has 0 aliphatic carbocycles. The fourth-order valence-corrected chi connectivity index (χ4v) is 5.72. The Morgan fingerprint density at radius 3 is 2.62 bits per heavy atom. The predicted molar refractivity (Wildman–Crippen MR) is 140 cm³/mol. The summed E-state index contributed by atoms with van der Waals surface area (Å²) in [6.45, 7) is 5.91. The third kappa shape index (κ3) is 4.28. The smallest absolute Gasteiger partial charge is 0.295 e. The second-order valence-corrected chi connectivity index (χ2v) is 9.97. The molecule has 3 aromatic carbocycles. The Morgan fingerprint density at radius 1 is 1.00 bits per heavy atom. The minimum absolute atomic E-state index is 0.0637. The number of likely N-dealkylation sites (tertiary alicyclic amines) is 1. The van der Waals surface area contributed by atoms with Gasteiger partial charge in [-0.15, -0.1) is 0 Å². The first-order valence-electron chi connectivity index (χ1n) is 12.9. The summed E-state index contributed by atoms with van der Waals surface area (Å²) in [5.41, 5.74) is 2.47. The number of ketones is 1. The lowest BCUT2D eigenvalue weighted by atomic mass is 9.91. The molecule has 0 unspecified atom stereocenters. The highest BCUT2D eigenvalue weighted by Crippen LogP contribution is 2.42. The van der Waals surface area contributed by atoms with Gasteiger partial charge in [-0.2, -0.15) is 0 Å². The number of carbonyl (C=O) groups is 2. The Labute approximate surface area is 215 Å². The topological polar surface area (TPSA) is 79.3 Å². The van der Waals surface area contributed by atoms with Crippen molar-refractivity contribution in [2.24, 2.45) is 0 Å². The maximum atomic E-state index is 13.5. The van der Waals surface area contributed by atoms with Gasteiger partial charge in [0.05, 0.1) is 24.8 Å². The van der Waals surface area contributed by atoms with Gasteiger partial charge in [-0.05, 0) is 47.0 Å². The van der Waals surface area contributed by atoms with Crippen LogP contribution in [0.25, 0.3) is 16.5 Å². The molecule has 0 bridgehead atoms.